The van der Waals surface area contributed by atoms with E-state index in [1.165, 1.54) is 0 Å². The van der Waals surface area contributed by atoms with E-state index in [2.05, 4.69) is 15.9 Å². The molecule has 0 aliphatic rings. The molecule has 1 N–H and O–H groups in total. The third kappa shape index (κ3) is 2.75. The molecular weight excluding hydrogens is 241 g/mol. The van der Waals surface area contributed by atoms with Crippen molar-refractivity contribution in [1.82, 2.24) is 5.06 Å². The Balaban J connectivity index is 2.86. The Morgan fingerprint density at radius 2 is 2.25 bits per heavy atom. The van der Waals surface area contributed by atoms with E-state index in [-0.39, 0.29) is 0 Å². The average Bonchev–Trinajstić information content (AvgIpc) is 1.94. The van der Waals surface area contributed by atoms with E-state index < -0.39 is 0 Å². The van der Waals surface area contributed by atoms with E-state index >= 15 is 0 Å². The van der Waals surface area contributed by atoms with Crippen molar-refractivity contribution in [2.75, 3.05) is 7.05 Å². The minimum atomic E-state index is 0.437. The first kappa shape index (κ1) is 9.99. The van der Waals surface area contributed by atoms with Gasteiger partial charge in [0.2, 0.25) is 0 Å². The van der Waals surface area contributed by atoms with Crippen LogP contribution in [0.5, 0.6) is 0 Å². The van der Waals surface area contributed by atoms with Crippen LogP contribution in [0.2, 0.25) is 5.02 Å². The number of benzene rings is 1. The summed E-state index contributed by atoms with van der Waals surface area (Å²) in [6.07, 6.45) is 0. The maximum absolute atomic E-state index is 8.96. The topological polar surface area (TPSA) is 23.5 Å². The molecular formula is C8H9BrClNO. The molecule has 0 bridgehead atoms. The van der Waals surface area contributed by atoms with Crippen molar-refractivity contribution in [2.24, 2.45) is 0 Å². The van der Waals surface area contributed by atoms with Crippen LogP contribution in [0.3, 0.4) is 0 Å². The zero-order valence-electron chi connectivity index (χ0n) is 6.59. The minimum absolute atomic E-state index is 0.437. The highest BCUT2D eigenvalue weighted by Crippen LogP contribution is 2.21. The maximum Gasteiger partial charge on any atom is 0.0500 e. The molecule has 0 aliphatic carbocycles. The minimum Gasteiger partial charge on any atom is -0.314 e. The summed E-state index contributed by atoms with van der Waals surface area (Å²) in [5, 5.41) is 10.7. The normalized spacial score (nSPS) is 10.8. The predicted octanol–water partition coefficient (Wildman–Crippen LogP) is 2.92. The highest BCUT2D eigenvalue weighted by Gasteiger charge is 2.02. The molecule has 0 saturated carbocycles. The number of rotatable bonds is 2. The lowest BCUT2D eigenvalue weighted by Crippen LogP contribution is -2.11. The fourth-order valence-corrected chi connectivity index (χ4v) is 1.63. The summed E-state index contributed by atoms with van der Waals surface area (Å²) < 4.78 is 0.942. The molecule has 0 fully saturated rings. The lowest BCUT2D eigenvalue weighted by Gasteiger charge is -2.09. The summed E-state index contributed by atoms with van der Waals surface area (Å²) >= 11 is 9.21. The van der Waals surface area contributed by atoms with Crippen LogP contribution in [0.1, 0.15) is 5.56 Å². The number of halogens is 2. The van der Waals surface area contributed by atoms with Gasteiger partial charge in [-0.15, -0.1) is 0 Å². The molecule has 0 heterocycles. The van der Waals surface area contributed by atoms with Gasteiger partial charge >= 0.3 is 0 Å². The van der Waals surface area contributed by atoms with Crippen molar-refractivity contribution in [3.8, 4) is 0 Å². The fourth-order valence-electron chi connectivity index (χ4n) is 0.896. The molecule has 0 aliphatic heterocycles. The van der Waals surface area contributed by atoms with Crippen molar-refractivity contribution in [1.29, 1.82) is 0 Å². The quantitative estimate of drug-likeness (QED) is 0.816. The lowest BCUT2D eigenvalue weighted by molar-refractivity contribution is -0.0731. The van der Waals surface area contributed by atoms with Crippen molar-refractivity contribution < 1.29 is 5.21 Å². The molecule has 4 heteroatoms. The summed E-state index contributed by atoms with van der Waals surface area (Å²) in [7, 11) is 1.58. The van der Waals surface area contributed by atoms with Crippen LogP contribution in [0.15, 0.2) is 22.7 Å². The molecule has 1 rings (SSSR count). The molecule has 12 heavy (non-hydrogen) atoms. The summed E-state index contributed by atoms with van der Waals surface area (Å²) in [4.78, 5) is 0. The predicted molar refractivity (Wildman–Crippen MR) is 52.4 cm³/mol. The number of nitrogens with zero attached hydrogens (tertiary/aromatic N) is 1. The molecule has 0 amide bonds. The first-order valence-corrected chi connectivity index (χ1v) is 4.60. The monoisotopic (exact) mass is 249 g/mol. The van der Waals surface area contributed by atoms with Crippen LogP contribution in [0, 0.1) is 0 Å². The van der Waals surface area contributed by atoms with Crippen LogP contribution >= 0.6 is 27.5 Å². The summed E-state index contributed by atoms with van der Waals surface area (Å²) in [6.45, 7) is 0.437. The molecule has 0 unspecified atom stereocenters. The van der Waals surface area contributed by atoms with Gasteiger partial charge in [-0.05, 0) is 17.7 Å². The van der Waals surface area contributed by atoms with Crippen LogP contribution in [-0.4, -0.2) is 17.3 Å². The molecule has 0 spiro atoms. The smallest absolute Gasteiger partial charge is 0.0500 e. The Labute approximate surface area is 84.8 Å². The molecule has 2 nitrogen and oxygen atoms in total. The third-order valence-electron chi connectivity index (χ3n) is 1.41. The van der Waals surface area contributed by atoms with Gasteiger partial charge in [0.15, 0.2) is 0 Å². The zero-order valence-corrected chi connectivity index (χ0v) is 8.93. The van der Waals surface area contributed by atoms with E-state index in [0.29, 0.717) is 11.6 Å². The van der Waals surface area contributed by atoms with E-state index in [1.807, 2.05) is 12.1 Å². The lowest BCUT2D eigenvalue weighted by atomic mass is 10.2. The van der Waals surface area contributed by atoms with Gasteiger partial charge in [-0.2, -0.15) is 5.06 Å². The number of hydrogen-bond donors (Lipinski definition) is 1. The van der Waals surface area contributed by atoms with Gasteiger partial charge < -0.3 is 5.21 Å². The van der Waals surface area contributed by atoms with Gasteiger partial charge in [0.05, 0.1) is 0 Å². The van der Waals surface area contributed by atoms with Crippen LogP contribution in [0.4, 0.5) is 0 Å². The average molecular weight is 251 g/mol. The van der Waals surface area contributed by atoms with E-state index in [4.69, 9.17) is 16.8 Å². The summed E-state index contributed by atoms with van der Waals surface area (Å²) in [5.41, 5.74) is 0.907. The summed E-state index contributed by atoms with van der Waals surface area (Å²) in [5.74, 6) is 0. The Kier molecular flexibility index (Phi) is 3.53. The SMILES string of the molecule is CN(O)Cc1ccc(Br)cc1Cl. The Hall–Kier alpha value is -0.0900. The first-order chi connectivity index (χ1) is 5.59. The highest BCUT2D eigenvalue weighted by atomic mass is 79.9. The van der Waals surface area contributed by atoms with Gasteiger partial charge in [0.25, 0.3) is 0 Å². The molecule has 0 atom stereocenters. The van der Waals surface area contributed by atoms with Crippen molar-refractivity contribution in [3.63, 3.8) is 0 Å². The van der Waals surface area contributed by atoms with Crippen LogP contribution in [0.25, 0.3) is 0 Å². The molecule has 66 valence electrons. The van der Waals surface area contributed by atoms with Gasteiger partial charge in [0, 0.05) is 23.1 Å². The zero-order chi connectivity index (χ0) is 9.14. The fraction of sp³-hybridized carbons (Fsp3) is 0.250. The molecule has 1 aromatic rings. The van der Waals surface area contributed by atoms with Gasteiger partial charge in [-0.1, -0.05) is 33.6 Å². The van der Waals surface area contributed by atoms with E-state index in [1.54, 1.807) is 13.1 Å². The summed E-state index contributed by atoms with van der Waals surface area (Å²) in [6, 6.07) is 5.57. The maximum atomic E-state index is 8.96. The standard InChI is InChI=1S/C8H9BrClNO/c1-11(12)5-6-2-3-7(9)4-8(6)10/h2-4,12H,5H2,1H3. The van der Waals surface area contributed by atoms with Gasteiger partial charge in [-0.3, -0.25) is 0 Å². The molecule has 0 saturated heterocycles. The van der Waals surface area contributed by atoms with Crippen LogP contribution in [-0.2, 0) is 6.54 Å². The largest absolute Gasteiger partial charge is 0.314 e. The second kappa shape index (κ2) is 4.23. The highest BCUT2D eigenvalue weighted by molar-refractivity contribution is 9.10. The van der Waals surface area contributed by atoms with E-state index in [9.17, 15) is 0 Å². The second-order valence-corrected chi connectivity index (χ2v) is 3.87. The van der Waals surface area contributed by atoms with Gasteiger partial charge in [0.1, 0.15) is 0 Å². The van der Waals surface area contributed by atoms with Crippen molar-refractivity contribution in [3.05, 3.63) is 33.3 Å². The molecule has 0 radical (unpaired) electrons. The van der Waals surface area contributed by atoms with Gasteiger partial charge in [-0.25, -0.2) is 0 Å². The Morgan fingerprint density at radius 1 is 1.58 bits per heavy atom. The molecule has 0 aromatic heterocycles. The third-order valence-corrected chi connectivity index (χ3v) is 2.26. The Bertz CT molecular complexity index is 278. The van der Waals surface area contributed by atoms with Crippen LogP contribution < -0.4 is 0 Å². The molecule has 1 aromatic carbocycles. The van der Waals surface area contributed by atoms with Crippen molar-refractivity contribution >= 4 is 27.5 Å². The first-order valence-electron chi connectivity index (χ1n) is 3.43. The number of hydroxylamine groups is 2. The Morgan fingerprint density at radius 3 is 2.75 bits per heavy atom. The second-order valence-electron chi connectivity index (χ2n) is 2.55. The number of hydrogen-bond acceptors (Lipinski definition) is 2. The van der Waals surface area contributed by atoms with E-state index in [0.717, 1.165) is 15.1 Å². The van der Waals surface area contributed by atoms with Crippen molar-refractivity contribution in [2.45, 2.75) is 6.54 Å².